The Labute approximate surface area is 223 Å². The Kier molecular flexibility index (Phi) is 7.24. The molecular weight excluding hydrogens is 492 g/mol. The molecule has 0 radical (unpaired) electrons. The lowest BCUT2D eigenvalue weighted by molar-refractivity contribution is 0.0951. The summed E-state index contributed by atoms with van der Waals surface area (Å²) < 4.78 is 29.2. The highest BCUT2D eigenvalue weighted by Gasteiger charge is 2.28. The summed E-state index contributed by atoms with van der Waals surface area (Å²) in [6.45, 7) is 2.32. The number of carbonyl (C=O) groups is 1. The van der Waals surface area contributed by atoms with E-state index in [0.29, 0.717) is 17.8 Å². The minimum atomic E-state index is -3.96. The van der Waals surface area contributed by atoms with E-state index in [9.17, 15) is 13.2 Å². The average molecular weight is 521 g/mol. The molecule has 0 bridgehead atoms. The fraction of sp³-hybridized carbons (Fsp3) is 0.0938. The molecule has 1 N–H and O–H groups in total. The van der Waals surface area contributed by atoms with Crippen LogP contribution in [0.25, 0.3) is 10.8 Å². The van der Waals surface area contributed by atoms with E-state index in [1.807, 2.05) is 79.7 Å². The number of nitrogens with zero attached hydrogens (tertiary/aromatic N) is 1. The smallest absolute Gasteiger partial charge is 0.264 e. The zero-order valence-electron chi connectivity index (χ0n) is 21.0. The van der Waals surface area contributed by atoms with E-state index in [2.05, 4.69) is 5.32 Å². The molecule has 0 fully saturated rings. The van der Waals surface area contributed by atoms with Crippen molar-refractivity contribution in [2.75, 3.05) is 4.31 Å². The van der Waals surface area contributed by atoms with Crippen molar-refractivity contribution < 1.29 is 13.2 Å². The molecule has 0 unspecified atom stereocenters. The van der Waals surface area contributed by atoms with Crippen molar-refractivity contribution in [2.24, 2.45) is 0 Å². The fourth-order valence-corrected chi connectivity index (χ4v) is 5.87. The summed E-state index contributed by atoms with van der Waals surface area (Å²) in [4.78, 5) is 13.6. The fourth-order valence-electron chi connectivity index (χ4n) is 4.40. The Balaban J connectivity index is 1.48. The van der Waals surface area contributed by atoms with Crippen LogP contribution in [0.15, 0.2) is 126 Å². The molecule has 0 spiro atoms. The highest BCUT2D eigenvalue weighted by molar-refractivity contribution is 7.92. The number of nitrogens with one attached hydrogen (secondary N) is 1. The number of aryl methyl sites for hydroxylation is 1. The number of carbonyl (C=O) groups excluding carboxylic acids is 1. The number of hydrogen-bond acceptors (Lipinski definition) is 3. The first-order valence-electron chi connectivity index (χ1n) is 12.4. The summed E-state index contributed by atoms with van der Waals surface area (Å²) in [7, 11) is -3.96. The predicted molar refractivity (Wildman–Crippen MR) is 153 cm³/mol. The van der Waals surface area contributed by atoms with Gasteiger partial charge < -0.3 is 5.32 Å². The number of hydrogen-bond donors (Lipinski definition) is 1. The monoisotopic (exact) mass is 520 g/mol. The van der Waals surface area contributed by atoms with E-state index in [-0.39, 0.29) is 17.3 Å². The first kappa shape index (κ1) is 25.2. The van der Waals surface area contributed by atoms with Gasteiger partial charge in [-0.3, -0.25) is 9.10 Å². The highest BCUT2D eigenvalue weighted by atomic mass is 32.2. The molecule has 0 heterocycles. The van der Waals surface area contributed by atoms with Gasteiger partial charge >= 0.3 is 0 Å². The van der Waals surface area contributed by atoms with Gasteiger partial charge in [0.05, 0.1) is 22.7 Å². The number of sulfonamides is 1. The highest BCUT2D eigenvalue weighted by Crippen LogP contribution is 2.29. The molecule has 1 amide bonds. The van der Waals surface area contributed by atoms with Crippen LogP contribution >= 0.6 is 0 Å². The van der Waals surface area contributed by atoms with Crippen molar-refractivity contribution in [1.29, 1.82) is 0 Å². The van der Waals surface area contributed by atoms with Crippen LogP contribution in [0.1, 0.15) is 27.0 Å². The summed E-state index contributed by atoms with van der Waals surface area (Å²) in [5, 5.41) is 5.20. The minimum Gasteiger partial charge on any atom is -0.348 e. The molecule has 0 aliphatic carbocycles. The first-order chi connectivity index (χ1) is 18.4. The lowest BCUT2D eigenvalue weighted by Gasteiger charge is -2.26. The number of benzene rings is 5. The van der Waals surface area contributed by atoms with E-state index < -0.39 is 10.0 Å². The summed E-state index contributed by atoms with van der Waals surface area (Å²) in [5.41, 5.74) is 3.36. The van der Waals surface area contributed by atoms with Crippen LogP contribution in [0.4, 0.5) is 5.69 Å². The third-order valence-corrected chi connectivity index (χ3v) is 8.24. The van der Waals surface area contributed by atoms with Crippen molar-refractivity contribution in [3.05, 3.63) is 144 Å². The summed E-state index contributed by atoms with van der Waals surface area (Å²) in [6, 6.07) is 37.1. The molecule has 0 aromatic heterocycles. The SMILES string of the molecule is Cc1ccc(S(=O)(=O)N(Cc2ccccc2)c2ccccc2C(=O)NCc2ccc3ccccc3c2)cc1. The van der Waals surface area contributed by atoms with Gasteiger partial charge in [0.1, 0.15) is 0 Å². The van der Waals surface area contributed by atoms with Gasteiger partial charge in [-0.05, 0) is 59.2 Å². The topological polar surface area (TPSA) is 66.5 Å². The Morgan fingerprint density at radius 1 is 0.711 bits per heavy atom. The van der Waals surface area contributed by atoms with Gasteiger partial charge in [0.2, 0.25) is 0 Å². The summed E-state index contributed by atoms with van der Waals surface area (Å²) >= 11 is 0. The molecular formula is C32H28N2O3S. The second kappa shape index (κ2) is 10.9. The van der Waals surface area contributed by atoms with Gasteiger partial charge in [0.25, 0.3) is 15.9 Å². The lowest BCUT2D eigenvalue weighted by atomic mass is 10.1. The van der Waals surface area contributed by atoms with Gasteiger partial charge in [0, 0.05) is 6.54 Å². The quantitative estimate of drug-likeness (QED) is 0.255. The molecule has 38 heavy (non-hydrogen) atoms. The number of fused-ring (bicyclic) bond motifs is 1. The lowest BCUT2D eigenvalue weighted by Crippen LogP contribution is -2.33. The van der Waals surface area contributed by atoms with E-state index in [1.165, 1.54) is 4.31 Å². The number of rotatable bonds is 8. The zero-order chi connectivity index (χ0) is 26.5. The molecule has 0 aliphatic rings. The number of para-hydroxylation sites is 1. The van der Waals surface area contributed by atoms with Gasteiger partial charge in [0.15, 0.2) is 0 Å². The van der Waals surface area contributed by atoms with Crippen molar-refractivity contribution in [3.8, 4) is 0 Å². The van der Waals surface area contributed by atoms with Crippen LogP contribution in [0.5, 0.6) is 0 Å². The van der Waals surface area contributed by atoms with Crippen LogP contribution in [-0.4, -0.2) is 14.3 Å². The summed E-state index contributed by atoms with van der Waals surface area (Å²) in [6.07, 6.45) is 0. The Hall–Kier alpha value is -4.42. The van der Waals surface area contributed by atoms with Crippen LogP contribution in [0.3, 0.4) is 0 Å². The van der Waals surface area contributed by atoms with Crippen LogP contribution in [-0.2, 0) is 23.1 Å². The maximum absolute atomic E-state index is 13.9. The Morgan fingerprint density at radius 3 is 2.13 bits per heavy atom. The van der Waals surface area contributed by atoms with E-state index in [0.717, 1.165) is 27.5 Å². The Bertz CT molecular complexity index is 1680. The second-order valence-corrected chi connectivity index (χ2v) is 11.1. The van der Waals surface area contributed by atoms with Gasteiger partial charge in [-0.25, -0.2) is 8.42 Å². The maximum atomic E-state index is 13.9. The molecule has 5 aromatic rings. The Morgan fingerprint density at radius 2 is 1.37 bits per heavy atom. The third kappa shape index (κ3) is 5.45. The molecule has 0 saturated heterocycles. The molecule has 190 valence electrons. The van der Waals surface area contributed by atoms with Gasteiger partial charge in [-0.2, -0.15) is 0 Å². The first-order valence-corrected chi connectivity index (χ1v) is 13.8. The standard InChI is InChI=1S/C32H28N2O3S/c1-24-15-19-29(20-16-24)38(36,37)34(23-25-9-3-2-4-10-25)31-14-8-7-13-30(31)32(35)33-22-26-17-18-27-11-5-6-12-28(27)21-26/h2-21H,22-23H2,1H3,(H,33,35). The minimum absolute atomic E-state index is 0.0893. The number of amides is 1. The molecule has 0 saturated carbocycles. The van der Waals surface area contributed by atoms with Crippen molar-refractivity contribution >= 4 is 32.4 Å². The normalized spacial score (nSPS) is 11.3. The van der Waals surface area contributed by atoms with E-state index in [4.69, 9.17) is 0 Å². The molecule has 5 aromatic carbocycles. The van der Waals surface area contributed by atoms with Crippen molar-refractivity contribution in [2.45, 2.75) is 24.9 Å². The van der Waals surface area contributed by atoms with Crippen LogP contribution < -0.4 is 9.62 Å². The molecule has 0 atom stereocenters. The average Bonchev–Trinajstić information content (AvgIpc) is 2.95. The molecule has 5 rings (SSSR count). The number of anilines is 1. The van der Waals surface area contributed by atoms with Gasteiger partial charge in [-0.15, -0.1) is 0 Å². The van der Waals surface area contributed by atoms with Crippen molar-refractivity contribution in [3.63, 3.8) is 0 Å². The zero-order valence-corrected chi connectivity index (χ0v) is 21.9. The molecule has 5 nitrogen and oxygen atoms in total. The predicted octanol–water partition coefficient (Wildman–Crippen LogP) is 6.47. The molecule has 6 heteroatoms. The molecule has 0 aliphatic heterocycles. The van der Waals surface area contributed by atoms with Gasteiger partial charge in [-0.1, -0.05) is 96.6 Å². The van der Waals surface area contributed by atoms with E-state index >= 15 is 0 Å². The summed E-state index contributed by atoms with van der Waals surface area (Å²) in [5.74, 6) is -0.342. The van der Waals surface area contributed by atoms with Crippen LogP contribution in [0, 0.1) is 6.92 Å². The maximum Gasteiger partial charge on any atom is 0.264 e. The largest absolute Gasteiger partial charge is 0.348 e. The van der Waals surface area contributed by atoms with E-state index in [1.54, 1.807) is 48.5 Å². The van der Waals surface area contributed by atoms with Crippen molar-refractivity contribution in [1.82, 2.24) is 5.32 Å². The second-order valence-electron chi connectivity index (χ2n) is 9.19. The third-order valence-electron chi connectivity index (χ3n) is 6.46. The van der Waals surface area contributed by atoms with Crippen LogP contribution in [0.2, 0.25) is 0 Å².